The van der Waals surface area contributed by atoms with Gasteiger partial charge in [-0.1, -0.05) is 23.2 Å². The fourth-order valence-corrected chi connectivity index (χ4v) is 1.44. The second-order valence-electron chi connectivity index (χ2n) is 2.41. The lowest BCUT2D eigenvalue weighted by atomic mass is 10.3. The van der Waals surface area contributed by atoms with E-state index in [1.807, 2.05) is 0 Å². The van der Waals surface area contributed by atoms with E-state index in [0.717, 1.165) is 4.42 Å². The molecule has 0 saturated carbocycles. The van der Waals surface area contributed by atoms with Crippen LogP contribution in [0, 0.1) is 0 Å². The highest BCUT2D eigenvalue weighted by Crippen LogP contribution is 2.28. The van der Waals surface area contributed by atoms with Crippen molar-refractivity contribution in [1.29, 1.82) is 0 Å². The minimum atomic E-state index is -0.424. The third-order valence-corrected chi connectivity index (χ3v) is 2.81. The summed E-state index contributed by atoms with van der Waals surface area (Å²) in [5.41, 5.74) is 0.437. The van der Waals surface area contributed by atoms with E-state index in [1.54, 1.807) is 12.1 Å². The molecule has 0 aliphatic rings. The molecule has 6 heteroatoms. The van der Waals surface area contributed by atoms with Gasteiger partial charge < -0.3 is 0 Å². The van der Waals surface area contributed by atoms with E-state index in [2.05, 4.69) is 0 Å². The first kappa shape index (κ1) is 11.9. The first-order chi connectivity index (χ1) is 6.56. The van der Waals surface area contributed by atoms with Crippen LogP contribution in [-0.4, -0.2) is 11.8 Å². The van der Waals surface area contributed by atoms with Gasteiger partial charge in [0, 0.05) is 11.8 Å². The fourth-order valence-electron chi connectivity index (χ4n) is 0.804. The molecule has 2 nitrogen and oxygen atoms in total. The summed E-state index contributed by atoms with van der Waals surface area (Å²) in [6.07, 6.45) is 0. The fraction of sp³-hybridized carbons (Fsp3) is 0.125. The number of amides is 1. The van der Waals surface area contributed by atoms with Crippen LogP contribution in [0.1, 0.15) is 0 Å². The van der Waals surface area contributed by atoms with Crippen molar-refractivity contribution in [3.05, 3.63) is 28.2 Å². The summed E-state index contributed by atoms with van der Waals surface area (Å²) in [6, 6.07) is 4.61. The monoisotopic (exact) mass is 271 g/mol. The van der Waals surface area contributed by atoms with Gasteiger partial charge in [-0.15, -0.1) is 11.6 Å². The van der Waals surface area contributed by atoms with Crippen LogP contribution in [-0.2, 0) is 4.79 Å². The Kier molecular flexibility index (Phi) is 4.32. The first-order valence-corrected chi connectivity index (χ1v) is 5.19. The molecule has 1 aromatic carbocycles. The lowest BCUT2D eigenvalue weighted by Crippen LogP contribution is -2.21. The van der Waals surface area contributed by atoms with Crippen molar-refractivity contribution in [2.75, 3.05) is 10.3 Å². The lowest BCUT2D eigenvalue weighted by Gasteiger charge is -2.12. The van der Waals surface area contributed by atoms with Crippen LogP contribution in [0.2, 0.25) is 10.0 Å². The number of halogens is 4. The van der Waals surface area contributed by atoms with Gasteiger partial charge >= 0.3 is 0 Å². The van der Waals surface area contributed by atoms with Gasteiger partial charge in [-0.05, 0) is 18.2 Å². The van der Waals surface area contributed by atoms with Gasteiger partial charge in [-0.25, -0.2) is 4.42 Å². The first-order valence-electron chi connectivity index (χ1n) is 3.56. The Morgan fingerprint density at radius 2 is 1.93 bits per heavy atom. The molecule has 1 rings (SSSR count). The lowest BCUT2D eigenvalue weighted by molar-refractivity contribution is -0.115. The number of hydrogen-bond donors (Lipinski definition) is 0. The molecule has 1 aromatic rings. The van der Waals surface area contributed by atoms with E-state index in [0.29, 0.717) is 15.7 Å². The molecule has 14 heavy (non-hydrogen) atoms. The van der Waals surface area contributed by atoms with Crippen molar-refractivity contribution < 1.29 is 4.79 Å². The van der Waals surface area contributed by atoms with Crippen molar-refractivity contribution in [1.82, 2.24) is 0 Å². The van der Waals surface area contributed by atoms with Crippen LogP contribution < -0.4 is 4.42 Å². The number of rotatable bonds is 2. The zero-order chi connectivity index (χ0) is 10.7. The summed E-state index contributed by atoms with van der Waals surface area (Å²) < 4.78 is 0.898. The molecular weight excluding hydrogens is 268 g/mol. The number of carbonyl (C=O) groups excluding carboxylic acids is 1. The molecule has 0 N–H and O–H groups in total. The molecule has 76 valence electrons. The molecule has 0 aliphatic carbocycles. The predicted molar refractivity (Wildman–Crippen MR) is 60.5 cm³/mol. The number of benzene rings is 1. The Balaban J connectivity index is 2.96. The molecule has 0 fully saturated rings. The number of nitrogens with zero attached hydrogens (tertiary/aromatic N) is 1. The van der Waals surface area contributed by atoms with Gasteiger partial charge in [-0.2, -0.15) is 0 Å². The minimum absolute atomic E-state index is 0.191. The van der Waals surface area contributed by atoms with Crippen molar-refractivity contribution in [2.24, 2.45) is 0 Å². The molecule has 0 unspecified atom stereocenters. The number of hydrogen-bond acceptors (Lipinski definition) is 1. The van der Waals surface area contributed by atoms with Crippen molar-refractivity contribution in [3.8, 4) is 0 Å². The van der Waals surface area contributed by atoms with E-state index in [1.165, 1.54) is 6.07 Å². The Labute approximate surface area is 101 Å². The van der Waals surface area contributed by atoms with E-state index in [9.17, 15) is 4.79 Å². The van der Waals surface area contributed by atoms with Crippen LogP contribution >= 0.6 is 46.6 Å². The summed E-state index contributed by atoms with van der Waals surface area (Å²) in [6.45, 7) is 0. The Bertz CT molecular complexity index is 355. The molecule has 0 spiro atoms. The maximum Gasteiger partial charge on any atom is 0.256 e. The van der Waals surface area contributed by atoms with Crippen molar-refractivity contribution in [3.63, 3.8) is 0 Å². The molecule has 0 heterocycles. The molecular formula is C8H5Cl4NO. The van der Waals surface area contributed by atoms with Crippen molar-refractivity contribution in [2.45, 2.75) is 0 Å². The maximum atomic E-state index is 11.1. The van der Waals surface area contributed by atoms with E-state index in [-0.39, 0.29) is 5.88 Å². The Hall–Kier alpha value is -0.150. The summed E-state index contributed by atoms with van der Waals surface area (Å²) in [4.78, 5) is 11.1. The van der Waals surface area contributed by atoms with Crippen LogP contribution in [0.5, 0.6) is 0 Å². The van der Waals surface area contributed by atoms with Gasteiger partial charge in [-0.3, -0.25) is 4.79 Å². The largest absolute Gasteiger partial charge is 0.272 e. The molecule has 0 saturated heterocycles. The average Bonchev–Trinajstić information content (AvgIpc) is 2.20. The van der Waals surface area contributed by atoms with Gasteiger partial charge in [0.25, 0.3) is 5.91 Å². The topological polar surface area (TPSA) is 20.3 Å². The summed E-state index contributed by atoms with van der Waals surface area (Å²) >= 11 is 22.5. The van der Waals surface area contributed by atoms with Gasteiger partial charge in [0.05, 0.1) is 15.7 Å². The normalized spacial score (nSPS) is 10.0. The molecule has 0 aromatic heterocycles. The Morgan fingerprint density at radius 1 is 1.29 bits per heavy atom. The summed E-state index contributed by atoms with van der Waals surface area (Å²) in [5, 5.41) is 0.732. The Morgan fingerprint density at radius 3 is 2.43 bits per heavy atom. The minimum Gasteiger partial charge on any atom is -0.272 e. The van der Waals surface area contributed by atoms with Crippen LogP contribution in [0.4, 0.5) is 5.69 Å². The highest BCUT2D eigenvalue weighted by atomic mass is 35.5. The van der Waals surface area contributed by atoms with Gasteiger partial charge in [0.2, 0.25) is 0 Å². The highest BCUT2D eigenvalue weighted by molar-refractivity contribution is 6.44. The van der Waals surface area contributed by atoms with Crippen LogP contribution in [0.3, 0.4) is 0 Å². The van der Waals surface area contributed by atoms with Crippen molar-refractivity contribution >= 4 is 58.2 Å². The van der Waals surface area contributed by atoms with Gasteiger partial charge in [0.1, 0.15) is 5.88 Å². The molecule has 0 atom stereocenters. The summed E-state index contributed by atoms with van der Waals surface area (Å²) in [7, 11) is 0. The van der Waals surface area contributed by atoms with E-state index < -0.39 is 5.91 Å². The highest BCUT2D eigenvalue weighted by Gasteiger charge is 2.12. The molecule has 0 aliphatic heterocycles. The predicted octanol–water partition coefficient (Wildman–Crippen LogP) is 3.72. The third-order valence-electron chi connectivity index (χ3n) is 1.46. The maximum absolute atomic E-state index is 11.1. The third kappa shape index (κ3) is 2.67. The average molecular weight is 273 g/mol. The second-order valence-corrected chi connectivity index (χ2v) is 3.83. The standard InChI is InChI=1S/C8H5Cl4NO/c9-4-8(14)13(12)5-1-2-6(10)7(11)3-5/h1-3H,4H2. The number of alkyl halides is 1. The van der Waals surface area contributed by atoms with Crippen LogP contribution in [0.25, 0.3) is 0 Å². The van der Waals surface area contributed by atoms with Crippen LogP contribution in [0.15, 0.2) is 18.2 Å². The smallest absolute Gasteiger partial charge is 0.256 e. The SMILES string of the molecule is O=C(CCl)N(Cl)c1ccc(Cl)c(Cl)c1. The zero-order valence-corrected chi connectivity index (χ0v) is 9.83. The zero-order valence-electron chi connectivity index (χ0n) is 6.81. The molecule has 1 amide bonds. The molecule has 0 radical (unpaired) electrons. The van der Waals surface area contributed by atoms with E-state index >= 15 is 0 Å². The second kappa shape index (κ2) is 5.08. The summed E-state index contributed by atoms with van der Waals surface area (Å²) in [5.74, 6) is -0.615. The molecule has 0 bridgehead atoms. The number of anilines is 1. The quantitative estimate of drug-likeness (QED) is 0.594. The van der Waals surface area contributed by atoms with Gasteiger partial charge in [0.15, 0.2) is 0 Å². The number of carbonyl (C=O) groups is 1. The van der Waals surface area contributed by atoms with E-state index in [4.69, 9.17) is 46.6 Å².